The van der Waals surface area contributed by atoms with Crippen molar-refractivity contribution in [2.24, 2.45) is 28.1 Å². The highest BCUT2D eigenvalue weighted by atomic mass is 16.7. The van der Waals surface area contributed by atoms with E-state index < -0.39 is 70.5 Å². The van der Waals surface area contributed by atoms with E-state index in [9.17, 15) is 28.8 Å². The minimum Gasteiger partial charge on any atom is -0.469 e. The van der Waals surface area contributed by atoms with Crippen molar-refractivity contribution >= 4 is 35.8 Å². The lowest BCUT2D eigenvalue weighted by Gasteiger charge is -2.48. The number of ether oxygens (including phenoxy) is 11. The van der Waals surface area contributed by atoms with Crippen LogP contribution in [0.25, 0.3) is 0 Å². The predicted molar refractivity (Wildman–Crippen MR) is 184 cm³/mol. The third-order valence-corrected chi connectivity index (χ3v) is 8.62. The topological polar surface area (TPSA) is 204 Å². The molecule has 0 aromatic rings. The average Bonchev–Trinajstić information content (AvgIpc) is 3.15. The van der Waals surface area contributed by atoms with Crippen molar-refractivity contribution < 1.29 is 80.9 Å². The summed E-state index contributed by atoms with van der Waals surface area (Å²) in [6.45, 7) is 10.9. The van der Waals surface area contributed by atoms with Crippen molar-refractivity contribution in [2.45, 2.75) is 85.7 Å². The van der Waals surface area contributed by atoms with Gasteiger partial charge in [0.1, 0.15) is 13.2 Å². The number of rotatable bonds is 19. The molecule has 2 unspecified atom stereocenters. The molecule has 0 bridgehead atoms. The number of hydrogen-bond acceptors (Lipinski definition) is 17. The second kappa shape index (κ2) is 23.4. The van der Waals surface area contributed by atoms with Crippen molar-refractivity contribution in [3.63, 3.8) is 0 Å². The fourth-order valence-corrected chi connectivity index (χ4v) is 5.09. The molecular formula is C36H60O17. The summed E-state index contributed by atoms with van der Waals surface area (Å²) >= 11 is 0. The molecule has 0 N–H and O–H groups in total. The van der Waals surface area contributed by atoms with E-state index in [0.717, 1.165) is 0 Å². The van der Waals surface area contributed by atoms with E-state index in [1.54, 1.807) is 14.0 Å². The Morgan fingerprint density at radius 2 is 1.04 bits per heavy atom. The second-order valence-corrected chi connectivity index (χ2v) is 14.5. The Balaban J connectivity index is 0.00000110. The van der Waals surface area contributed by atoms with Crippen LogP contribution in [-0.4, -0.2) is 130 Å². The molecule has 0 aromatic carbocycles. The Bertz CT molecular complexity index is 1160. The maximum atomic E-state index is 12.4. The molecule has 0 radical (unpaired) electrons. The van der Waals surface area contributed by atoms with Crippen molar-refractivity contribution in [3.05, 3.63) is 0 Å². The van der Waals surface area contributed by atoms with Gasteiger partial charge in [-0.25, -0.2) is 0 Å². The standard InChI is InChI=1S/C29H48O13.C7H12O4/c1-27(2,14-37-22(31)9-8-20(12-13-34-5)24(33)36-7)25-39-16-29(17-40-25)18-41-26(42-19-29)28(3,4)15-38-23(32)11-10-21(30)35-6;1-5(7(9)11-3)4-6(8)10-2/h20,25-26H,8-19H2,1-7H3;5H,4H2,1-3H3. The van der Waals surface area contributed by atoms with Gasteiger partial charge in [0.05, 0.1) is 91.4 Å². The predicted octanol–water partition coefficient (Wildman–Crippen LogP) is 2.78. The molecule has 17 nitrogen and oxygen atoms in total. The van der Waals surface area contributed by atoms with Crippen LogP contribution in [0, 0.1) is 28.1 Å². The highest BCUT2D eigenvalue weighted by Crippen LogP contribution is 2.38. The number of hydrogen-bond donors (Lipinski definition) is 0. The van der Waals surface area contributed by atoms with Gasteiger partial charge in [-0.05, 0) is 12.8 Å². The number of carbonyl (C=O) groups is 6. The summed E-state index contributed by atoms with van der Waals surface area (Å²) in [4.78, 5) is 68.9. The minimum atomic E-state index is -0.631. The van der Waals surface area contributed by atoms with Crippen LogP contribution in [0.2, 0.25) is 0 Å². The molecule has 0 aromatic heterocycles. The van der Waals surface area contributed by atoms with E-state index in [1.165, 1.54) is 28.4 Å². The van der Waals surface area contributed by atoms with Crippen molar-refractivity contribution in [1.29, 1.82) is 0 Å². The van der Waals surface area contributed by atoms with Crippen LogP contribution in [-0.2, 0) is 80.9 Å². The fourth-order valence-electron chi connectivity index (χ4n) is 5.09. The van der Waals surface area contributed by atoms with E-state index in [0.29, 0.717) is 45.9 Å². The minimum absolute atomic E-state index is 0.0400. The summed E-state index contributed by atoms with van der Waals surface area (Å²) in [6.07, 6.45) is -0.403. The number of methoxy groups -OCH3 is 5. The van der Waals surface area contributed by atoms with E-state index >= 15 is 0 Å². The molecular weight excluding hydrogens is 704 g/mol. The van der Waals surface area contributed by atoms with E-state index in [1.807, 2.05) is 27.7 Å². The highest BCUT2D eigenvalue weighted by Gasteiger charge is 2.48. The maximum absolute atomic E-state index is 12.4. The smallest absolute Gasteiger partial charge is 0.308 e. The molecule has 2 heterocycles. The molecule has 2 atom stereocenters. The van der Waals surface area contributed by atoms with Gasteiger partial charge in [0, 0.05) is 31.0 Å². The van der Waals surface area contributed by atoms with E-state index in [2.05, 4.69) is 14.2 Å². The summed E-state index contributed by atoms with van der Waals surface area (Å²) in [5, 5.41) is 0. The van der Waals surface area contributed by atoms with E-state index in [-0.39, 0.29) is 44.9 Å². The zero-order valence-electron chi connectivity index (χ0n) is 32.9. The summed E-state index contributed by atoms with van der Waals surface area (Å²) in [6, 6.07) is 0. The zero-order chi connectivity index (χ0) is 40.2. The van der Waals surface area contributed by atoms with Crippen LogP contribution in [0.1, 0.15) is 73.1 Å². The molecule has 53 heavy (non-hydrogen) atoms. The lowest BCUT2D eigenvalue weighted by molar-refractivity contribution is -0.337. The average molecular weight is 765 g/mol. The van der Waals surface area contributed by atoms with Crippen molar-refractivity contribution in [3.8, 4) is 0 Å². The Morgan fingerprint density at radius 1 is 0.604 bits per heavy atom. The third kappa shape index (κ3) is 17.1. The Hall–Kier alpha value is -3.38. The second-order valence-electron chi connectivity index (χ2n) is 14.5. The van der Waals surface area contributed by atoms with Crippen LogP contribution in [0.5, 0.6) is 0 Å². The van der Waals surface area contributed by atoms with Crippen LogP contribution in [0.4, 0.5) is 0 Å². The van der Waals surface area contributed by atoms with Gasteiger partial charge in [0.25, 0.3) is 0 Å². The highest BCUT2D eigenvalue weighted by molar-refractivity contribution is 5.79. The van der Waals surface area contributed by atoms with Gasteiger partial charge < -0.3 is 52.1 Å². The normalized spacial score (nSPS) is 21.2. The number of carbonyl (C=O) groups excluding carboxylic acids is 6. The Morgan fingerprint density at radius 3 is 1.45 bits per heavy atom. The third-order valence-electron chi connectivity index (χ3n) is 8.62. The van der Waals surface area contributed by atoms with Crippen LogP contribution < -0.4 is 0 Å². The largest absolute Gasteiger partial charge is 0.469 e. The van der Waals surface area contributed by atoms with Gasteiger partial charge in [-0.3, -0.25) is 28.8 Å². The molecule has 2 aliphatic rings. The molecule has 306 valence electrons. The molecule has 0 amide bonds. The first-order chi connectivity index (χ1) is 24.9. The zero-order valence-corrected chi connectivity index (χ0v) is 32.9. The van der Waals surface area contributed by atoms with Crippen molar-refractivity contribution in [1.82, 2.24) is 0 Å². The van der Waals surface area contributed by atoms with Crippen LogP contribution in [0.3, 0.4) is 0 Å². The van der Waals surface area contributed by atoms with Gasteiger partial charge >= 0.3 is 35.8 Å². The summed E-state index contributed by atoms with van der Waals surface area (Å²) in [7, 11) is 6.71. The Labute approximate surface area is 312 Å². The molecule has 2 saturated heterocycles. The van der Waals surface area contributed by atoms with Gasteiger partial charge in [-0.1, -0.05) is 34.6 Å². The first kappa shape index (κ1) is 47.6. The summed E-state index contributed by atoms with van der Waals surface area (Å²) in [5.74, 6) is -3.42. The van der Waals surface area contributed by atoms with Crippen LogP contribution in [0.15, 0.2) is 0 Å². The van der Waals surface area contributed by atoms with Crippen molar-refractivity contribution in [2.75, 3.05) is 81.8 Å². The fraction of sp³-hybridized carbons (Fsp3) is 0.833. The first-order valence-corrected chi connectivity index (χ1v) is 17.4. The summed E-state index contributed by atoms with van der Waals surface area (Å²) < 4.78 is 58.1. The molecule has 1 spiro atoms. The number of esters is 6. The van der Waals surface area contributed by atoms with Gasteiger partial charge in [0.15, 0.2) is 12.6 Å². The molecule has 17 heteroatoms. The van der Waals surface area contributed by atoms with Gasteiger partial charge in [-0.2, -0.15) is 0 Å². The lowest BCUT2D eigenvalue weighted by Crippen LogP contribution is -2.57. The molecule has 2 fully saturated rings. The SMILES string of the molecule is COC(=O)CC(C)C(=O)OC.COCCC(CCC(=O)OCC(C)(C)C1OCC2(COC(C(C)(C)COC(=O)CCC(=O)OC)OC2)CO1)C(=O)OC. The van der Waals surface area contributed by atoms with Crippen LogP contribution >= 0.6 is 0 Å². The van der Waals surface area contributed by atoms with Gasteiger partial charge in [0.2, 0.25) is 0 Å². The monoisotopic (exact) mass is 764 g/mol. The first-order valence-electron chi connectivity index (χ1n) is 17.4. The Kier molecular flexibility index (Phi) is 21.0. The lowest BCUT2D eigenvalue weighted by atomic mass is 9.86. The molecule has 2 rings (SSSR count). The molecule has 2 aliphatic heterocycles. The quantitative estimate of drug-likeness (QED) is 0.137. The van der Waals surface area contributed by atoms with E-state index in [4.69, 9.17) is 37.9 Å². The molecule has 0 saturated carbocycles. The maximum Gasteiger partial charge on any atom is 0.308 e. The molecule has 0 aliphatic carbocycles. The summed E-state index contributed by atoms with van der Waals surface area (Å²) in [5.41, 5.74) is -1.76. The van der Waals surface area contributed by atoms with Gasteiger partial charge in [-0.15, -0.1) is 0 Å².